The number of nitrogens with one attached hydrogen (secondary N) is 2. The second-order valence-electron chi connectivity index (χ2n) is 11.1. The Labute approximate surface area is 235 Å². The molecule has 8 nitrogen and oxygen atoms in total. The van der Waals surface area contributed by atoms with Crippen LogP contribution >= 0.6 is 23.7 Å². The van der Waals surface area contributed by atoms with E-state index in [1.54, 1.807) is 18.9 Å². The van der Waals surface area contributed by atoms with Crippen LogP contribution in [0.25, 0.3) is 0 Å². The fourth-order valence-electron chi connectivity index (χ4n) is 4.70. The molecule has 0 aromatic heterocycles. The van der Waals surface area contributed by atoms with Gasteiger partial charge in [-0.05, 0) is 82.5 Å². The monoisotopic (exact) mass is 565 g/mol. The second-order valence-corrected chi connectivity index (χ2v) is 13.4. The Hall–Kier alpha value is -2.07. The Morgan fingerprint density at radius 2 is 1.82 bits per heavy atom. The smallest absolute Gasteiger partial charge is 0.410 e. The second kappa shape index (κ2) is 14.4. The van der Waals surface area contributed by atoms with Crippen molar-refractivity contribution < 1.29 is 23.9 Å². The van der Waals surface area contributed by atoms with Gasteiger partial charge in [0.25, 0.3) is 5.91 Å². The van der Waals surface area contributed by atoms with Crippen molar-refractivity contribution in [2.75, 3.05) is 26.0 Å². The van der Waals surface area contributed by atoms with Crippen LogP contribution < -0.4 is 14.8 Å². The van der Waals surface area contributed by atoms with Crippen molar-refractivity contribution in [1.29, 1.82) is 0 Å². The van der Waals surface area contributed by atoms with Gasteiger partial charge in [0.2, 0.25) is 5.91 Å². The molecule has 0 bridgehead atoms. The van der Waals surface area contributed by atoms with Crippen LogP contribution in [0.3, 0.4) is 0 Å². The van der Waals surface area contributed by atoms with E-state index >= 15 is 0 Å². The molecule has 1 aromatic carbocycles. The number of carbonyl (C=O) groups excluding carboxylic acids is 3. The highest BCUT2D eigenvalue weighted by Crippen LogP contribution is 2.34. The van der Waals surface area contributed by atoms with Crippen LogP contribution in [0, 0.1) is 5.92 Å². The predicted molar refractivity (Wildman–Crippen MR) is 154 cm³/mol. The molecule has 2 N–H and O–H groups in total. The number of nitrogens with zero attached hydrogens (tertiary/aromatic N) is 1. The van der Waals surface area contributed by atoms with Crippen molar-refractivity contribution in [3.05, 3.63) is 29.8 Å². The Kier molecular flexibility index (Phi) is 11.5. The SMILES string of the molecule is COc1ccc(CC(SNC(=O)[C@@H](C)NC(=O)[C@@H]2CN(C(=O)OC(C)(C)C)CCS2)C2CCCCC2)cc1. The molecule has 1 aliphatic carbocycles. The lowest BCUT2D eigenvalue weighted by Gasteiger charge is -2.33. The van der Waals surface area contributed by atoms with Gasteiger partial charge in [-0.1, -0.05) is 31.4 Å². The van der Waals surface area contributed by atoms with Crippen LogP contribution in [0.5, 0.6) is 5.75 Å². The summed E-state index contributed by atoms with van der Waals surface area (Å²) in [5, 5.41) is 2.66. The molecule has 1 aromatic rings. The molecule has 0 spiro atoms. The van der Waals surface area contributed by atoms with Crippen molar-refractivity contribution in [3.63, 3.8) is 0 Å². The summed E-state index contributed by atoms with van der Waals surface area (Å²) in [6.45, 7) is 7.96. The van der Waals surface area contributed by atoms with E-state index in [2.05, 4.69) is 22.2 Å². The van der Waals surface area contributed by atoms with Crippen molar-refractivity contribution in [2.24, 2.45) is 5.92 Å². The summed E-state index contributed by atoms with van der Waals surface area (Å²) in [6, 6.07) is 7.44. The predicted octanol–water partition coefficient (Wildman–Crippen LogP) is 4.81. The molecular formula is C28H43N3O5S2. The maximum atomic E-state index is 13.0. The molecule has 1 saturated heterocycles. The third-order valence-corrected chi connectivity index (χ3v) is 9.20. The molecule has 0 radical (unpaired) electrons. The highest BCUT2D eigenvalue weighted by atomic mass is 32.2. The highest BCUT2D eigenvalue weighted by Gasteiger charge is 2.33. The van der Waals surface area contributed by atoms with Crippen LogP contribution in [-0.4, -0.2) is 70.9 Å². The molecule has 1 heterocycles. The molecular weight excluding hydrogens is 522 g/mol. The van der Waals surface area contributed by atoms with Gasteiger partial charge >= 0.3 is 6.09 Å². The van der Waals surface area contributed by atoms with Crippen LogP contribution in [0.4, 0.5) is 4.79 Å². The van der Waals surface area contributed by atoms with Crippen LogP contribution in [-0.2, 0) is 20.7 Å². The van der Waals surface area contributed by atoms with Crippen LogP contribution in [0.1, 0.15) is 65.4 Å². The average molecular weight is 566 g/mol. The van der Waals surface area contributed by atoms with E-state index in [4.69, 9.17) is 9.47 Å². The molecule has 3 atom stereocenters. The number of ether oxygens (including phenoxy) is 2. The fourth-order valence-corrected chi connectivity index (χ4v) is 7.00. The van der Waals surface area contributed by atoms with Gasteiger partial charge in [0.05, 0.1) is 7.11 Å². The number of thioether (sulfide) groups is 1. The maximum absolute atomic E-state index is 13.0. The topological polar surface area (TPSA) is 97.0 Å². The van der Waals surface area contributed by atoms with Gasteiger partial charge in [0.1, 0.15) is 22.6 Å². The first-order valence-electron chi connectivity index (χ1n) is 13.5. The average Bonchev–Trinajstić information content (AvgIpc) is 2.90. The van der Waals surface area contributed by atoms with Crippen LogP contribution in [0.2, 0.25) is 0 Å². The molecule has 10 heteroatoms. The summed E-state index contributed by atoms with van der Waals surface area (Å²) in [5.41, 5.74) is 0.625. The number of benzene rings is 1. The molecule has 2 aliphatic rings. The minimum Gasteiger partial charge on any atom is -0.497 e. The van der Waals surface area contributed by atoms with Gasteiger partial charge < -0.3 is 19.7 Å². The molecule has 38 heavy (non-hydrogen) atoms. The number of rotatable bonds is 9. The summed E-state index contributed by atoms with van der Waals surface area (Å²) >= 11 is 2.98. The molecule has 3 amide bonds. The molecule has 3 rings (SSSR count). The molecule has 1 saturated carbocycles. The van der Waals surface area contributed by atoms with Gasteiger partial charge in [0, 0.05) is 24.1 Å². The standard InChI is InChI=1S/C28H43N3O5S2/c1-19(29-26(33)24-18-31(15-16-37-24)27(34)36-28(2,3)4)25(32)30-38-23(21-9-7-6-8-10-21)17-20-11-13-22(35-5)14-12-20/h11-14,19,21,23-24H,6-10,15-18H2,1-5H3,(H,29,33)(H,30,32)/t19-,23?,24+/m1/s1. The van der Waals surface area contributed by atoms with Crippen molar-refractivity contribution in [3.8, 4) is 5.75 Å². The molecule has 1 unspecified atom stereocenters. The fraction of sp³-hybridized carbons (Fsp3) is 0.679. The lowest BCUT2D eigenvalue weighted by Crippen LogP contribution is -2.52. The Morgan fingerprint density at radius 1 is 1.13 bits per heavy atom. The largest absolute Gasteiger partial charge is 0.497 e. The van der Waals surface area contributed by atoms with E-state index in [1.165, 1.54) is 61.4 Å². The lowest BCUT2D eigenvalue weighted by molar-refractivity contribution is -0.127. The van der Waals surface area contributed by atoms with Crippen molar-refractivity contribution >= 4 is 41.6 Å². The highest BCUT2D eigenvalue weighted by molar-refractivity contribution is 8.00. The van der Waals surface area contributed by atoms with E-state index in [-0.39, 0.29) is 23.6 Å². The summed E-state index contributed by atoms with van der Waals surface area (Å²) in [4.78, 5) is 39.9. The number of amides is 3. The summed E-state index contributed by atoms with van der Waals surface area (Å²) < 4.78 is 13.8. The van der Waals surface area contributed by atoms with E-state index in [9.17, 15) is 14.4 Å². The minimum absolute atomic E-state index is 0.219. The maximum Gasteiger partial charge on any atom is 0.410 e. The third kappa shape index (κ3) is 9.59. The number of hydrogen-bond acceptors (Lipinski definition) is 7. The summed E-state index contributed by atoms with van der Waals surface area (Å²) in [7, 11) is 1.66. The normalized spacial score (nSPS) is 20.2. The zero-order valence-corrected chi connectivity index (χ0v) is 24.9. The zero-order valence-electron chi connectivity index (χ0n) is 23.3. The summed E-state index contributed by atoms with van der Waals surface area (Å²) in [6.07, 6.45) is 6.51. The first-order chi connectivity index (χ1) is 18.1. The number of hydrogen-bond donors (Lipinski definition) is 2. The van der Waals surface area contributed by atoms with E-state index < -0.39 is 23.0 Å². The first-order valence-corrected chi connectivity index (χ1v) is 15.5. The van der Waals surface area contributed by atoms with Crippen molar-refractivity contribution in [1.82, 2.24) is 14.9 Å². The van der Waals surface area contributed by atoms with Gasteiger partial charge in [-0.25, -0.2) is 4.79 Å². The summed E-state index contributed by atoms with van der Waals surface area (Å²) in [5.74, 6) is 1.56. The van der Waals surface area contributed by atoms with Gasteiger partial charge in [-0.15, -0.1) is 11.8 Å². The molecule has 1 aliphatic heterocycles. The molecule has 2 fully saturated rings. The Balaban J connectivity index is 1.52. The zero-order chi connectivity index (χ0) is 27.7. The first kappa shape index (κ1) is 30.5. The minimum atomic E-state index is -0.680. The van der Waals surface area contributed by atoms with E-state index in [0.717, 1.165) is 12.2 Å². The van der Waals surface area contributed by atoms with Gasteiger partial charge in [0.15, 0.2) is 0 Å². The van der Waals surface area contributed by atoms with Gasteiger partial charge in [-0.3, -0.25) is 14.3 Å². The number of carbonyl (C=O) groups is 3. The van der Waals surface area contributed by atoms with E-state index in [0.29, 0.717) is 18.2 Å². The molecule has 212 valence electrons. The number of methoxy groups -OCH3 is 1. The van der Waals surface area contributed by atoms with E-state index in [1.807, 2.05) is 32.9 Å². The lowest BCUT2D eigenvalue weighted by atomic mass is 9.85. The Bertz CT molecular complexity index is 931. The van der Waals surface area contributed by atoms with Gasteiger partial charge in [-0.2, -0.15) is 0 Å². The Morgan fingerprint density at radius 3 is 2.45 bits per heavy atom. The quantitative estimate of drug-likeness (QED) is 0.415. The third-order valence-electron chi connectivity index (χ3n) is 6.85. The van der Waals surface area contributed by atoms with Crippen LogP contribution in [0.15, 0.2) is 24.3 Å². The van der Waals surface area contributed by atoms with Crippen molar-refractivity contribution in [2.45, 2.75) is 88.4 Å².